The predicted octanol–water partition coefficient (Wildman–Crippen LogP) is 5.13. The fourth-order valence-corrected chi connectivity index (χ4v) is 4.15. The molecule has 0 aromatic heterocycles. The lowest BCUT2D eigenvalue weighted by atomic mass is 9.93. The zero-order chi connectivity index (χ0) is 21.3. The Bertz CT molecular complexity index is 1120. The highest BCUT2D eigenvalue weighted by Crippen LogP contribution is 2.41. The van der Waals surface area contributed by atoms with Crippen LogP contribution >= 0.6 is 0 Å². The number of rotatable bonds is 6. The molecule has 0 saturated heterocycles. The Morgan fingerprint density at radius 1 is 1.10 bits per heavy atom. The van der Waals surface area contributed by atoms with Crippen molar-refractivity contribution < 1.29 is 23.8 Å². The van der Waals surface area contributed by atoms with E-state index in [2.05, 4.69) is 0 Å². The van der Waals surface area contributed by atoms with Crippen molar-refractivity contribution in [3.8, 4) is 16.9 Å². The number of ether oxygens (including phenoxy) is 1. The molecular weight excluding hydrogens is 383 g/mol. The summed E-state index contributed by atoms with van der Waals surface area (Å²) in [4.78, 5) is 24.3. The van der Waals surface area contributed by atoms with Gasteiger partial charge in [-0.15, -0.1) is 0 Å². The number of carbonyl (C=O) groups is 2. The average molecular weight is 404 g/mol. The van der Waals surface area contributed by atoms with Crippen LogP contribution in [0.2, 0.25) is 0 Å². The van der Waals surface area contributed by atoms with E-state index in [1.165, 1.54) is 0 Å². The zero-order valence-corrected chi connectivity index (χ0v) is 16.5. The Labute approximate surface area is 173 Å². The van der Waals surface area contributed by atoms with Gasteiger partial charge in [0.25, 0.3) is 0 Å². The minimum atomic E-state index is -0.976. The molecule has 0 radical (unpaired) electrons. The number of Topliss-reactive ketones (excluding diaryl/α,β-unsaturated/α-hetero) is 1. The number of ketones is 1. The molecule has 5 heteroatoms. The summed E-state index contributed by atoms with van der Waals surface area (Å²) in [5.41, 5.74) is 5.02. The number of methoxy groups -OCH3 is 1. The minimum absolute atomic E-state index is 0.0210. The number of carboxylic acid groups (broad SMARTS) is 1. The summed E-state index contributed by atoms with van der Waals surface area (Å²) in [6.45, 7) is -0.542. The maximum Gasteiger partial charge on any atom is 0.335 e. The molecule has 152 valence electrons. The summed E-state index contributed by atoms with van der Waals surface area (Å²) in [6, 6.07) is 17.6. The fraction of sp³-hybridized carbons (Fsp3) is 0.200. The molecule has 0 fully saturated rings. The van der Waals surface area contributed by atoms with Crippen LogP contribution in [0.5, 0.6) is 5.75 Å². The van der Waals surface area contributed by atoms with E-state index in [4.69, 9.17) is 9.84 Å². The van der Waals surface area contributed by atoms with Gasteiger partial charge in [-0.2, -0.15) is 0 Å². The first kappa shape index (κ1) is 19.8. The standard InChI is InChI=1S/C25H21FO4/c1-30-22-10-9-20(18-4-2-3-16(12-18)14-26)21-13-19(24(27)23(21)22)11-15-5-7-17(8-6-15)25(28)29/h2-10,12,19H,11,13-14H2,1H3,(H,28,29). The van der Waals surface area contributed by atoms with Gasteiger partial charge in [-0.05, 0) is 64.9 Å². The van der Waals surface area contributed by atoms with E-state index < -0.39 is 12.6 Å². The fourth-order valence-electron chi connectivity index (χ4n) is 4.15. The molecule has 4 rings (SSSR count). The smallest absolute Gasteiger partial charge is 0.335 e. The lowest BCUT2D eigenvalue weighted by Gasteiger charge is -2.12. The quantitative estimate of drug-likeness (QED) is 0.619. The van der Waals surface area contributed by atoms with Crippen LogP contribution in [0.4, 0.5) is 4.39 Å². The highest BCUT2D eigenvalue weighted by atomic mass is 19.1. The van der Waals surface area contributed by atoms with Crippen LogP contribution in [0.25, 0.3) is 11.1 Å². The van der Waals surface area contributed by atoms with Crippen molar-refractivity contribution in [2.75, 3.05) is 7.11 Å². The van der Waals surface area contributed by atoms with Crippen molar-refractivity contribution in [3.05, 3.63) is 88.5 Å². The van der Waals surface area contributed by atoms with Gasteiger partial charge in [-0.1, -0.05) is 36.4 Å². The zero-order valence-electron chi connectivity index (χ0n) is 16.5. The Kier molecular flexibility index (Phi) is 5.36. The van der Waals surface area contributed by atoms with Gasteiger partial charge in [-0.25, -0.2) is 9.18 Å². The van der Waals surface area contributed by atoms with E-state index in [0.717, 1.165) is 22.3 Å². The van der Waals surface area contributed by atoms with E-state index >= 15 is 0 Å². The molecule has 0 aliphatic heterocycles. The molecule has 0 saturated carbocycles. The average Bonchev–Trinajstić information content (AvgIpc) is 3.09. The molecule has 1 aliphatic carbocycles. The molecule has 0 heterocycles. The van der Waals surface area contributed by atoms with Gasteiger partial charge >= 0.3 is 5.97 Å². The maximum absolute atomic E-state index is 13.2. The third-order valence-corrected chi connectivity index (χ3v) is 5.64. The van der Waals surface area contributed by atoms with Crippen LogP contribution in [0.1, 0.15) is 37.4 Å². The maximum atomic E-state index is 13.2. The van der Waals surface area contributed by atoms with Gasteiger partial charge in [0.1, 0.15) is 12.4 Å². The Morgan fingerprint density at radius 3 is 2.53 bits per heavy atom. The van der Waals surface area contributed by atoms with Crippen molar-refractivity contribution in [2.24, 2.45) is 5.92 Å². The van der Waals surface area contributed by atoms with Gasteiger partial charge in [0.15, 0.2) is 5.78 Å². The highest BCUT2D eigenvalue weighted by molar-refractivity contribution is 6.06. The Balaban J connectivity index is 1.69. The van der Waals surface area contributed by atoms with Crippen molar-refractivity contribution in [2.45, 2.75) is 19.5 Å². The molecule has 0 bridgehead atoms. The summed E-state index contributed by atoms with van der Waals surface area (Å²) < 4.78 is 18.6. The topological polar surface area (TPSA) is 63.6 Å². The number of benzene rings is 3. The molecular formula is C25H21FO4. The van der Waals surface area contributed by atoms with E-state index in [-0.39, 0.29) is 17.3 Å². The van der Waals surface area contributed by atoms with Crippen LogP contribution < -0.4 is 4.74 Å². The number of alkyl halides is 1. The number of carbonyl (C=O) groups excluding carboxylic acids is 1. The molecule has 1 N–H and O–H groups in total. The van der Waals surface area contributed by atoms with E-state index in [1.54, 1.807) is 43.5 Å². The lowest BCUT2D eigenvalue weighted by Crippen LogP contribution is -2.12. The number of halogens is 1. The second kappa shape index (κ2) is 8.11. The van der Waals surface area contributed by atoms with Crippen molar-refractivity contribution in [1.82, 2.24) is 0 Å². The summed E-state index contributed by atoms with van der Waals surface area (Å²) in [5.74, 6) is -0.664. The van der Waals surface area contributed by atoms with Crippen molar-refractivity contribution >= 4 is 11.8 Å². The summed E-state index contributed by atoms with van der Waals surface area (Å²) in [5, 5.41) is 9.06. The van der Waals surface area contributed by atoms with Gasteiger partial charge < -0.3 is 9.84 Å². The lowest BCUT2D eigenvalue weighted by molar-refractivity contribution is 0.0696. The van der Waals surface area contributed by atoms with Crippen molar-refractivity contribution in [1.29, 1.82) is 0 Å². The van der Waals surface area contributed by atoms with Crippen molar-refractivity contribution in [3.63, 3.8) is 0 Å². The molecule has 0 amide bonds. The number of carboxylic acids is 1. The van der Waals surface area contributed by atoms with Gasteiger partial charge in [0, 0.05) is 5.92 Å². The number of hydrogen-bond donors (Lipinski definition) is 1. The first-order valence-corrected chi connectivity index (χ1v) is 9.73. The van der Waals surface area contributed by atoms with Gasteiger partial charge in [-0.3, -0.25) is 4.79 Å². The van der Waals surface area contributed by atoms with Crippen LogP contribution in [-0.4, -0.2) is 24.0 Å². The Hall–Kier alpha value is -3.47. The molecule has 4 nitrogen and oxygen atoms in total. The monoisotopic (exact) mass is 404 g/mol. The van der Waals surface area contributed by atoms with Gasteiger partial charge in [0.05, 0.1) is 18.2 Å². The molecule has 1 atom stereocenters. The number of fused-ring (bicyclic) bond motifs is 1. The second-order valence-corrected chi connectivity index (χ2v) is 7.47. The predicted molar refractivity (Wildman–Crippen MR) is 112 cm³/mol. The third kappa shape index (κ3) is 3.59. The Morgan fingerprint density at radius 2 is 1.87 bits per heavy atom. The summed E-state index contributed by atoms with van der Waals surface area (Å²) in [7, 11) is 1.55. The SMILES string of the molecule is COc1ccc(-c2cccc(CF)c2)c2c1C(=O)C(Cc1ccc(C(=O)O)cc1)C2. The largest absolute Gasteiger partial charge is 0.496 e. The number of aromatic carboxylic acids is 1. The summed E-state index contributed by atoms with van der Waals surface area (Å²) in [6.07, 6.45) is 1.07. The molecule has 30 heavy (non-hydrogen) atoms. The van der Waals surface area contributed by atoms with E-state index in [9.17, 15) is 14.0 Å². The first-order chi connectivity index (χ1) is 14.5. The summed E-state index contributed by atoms with van der Waals surface area (Å²) >= 11 is 0. The van der Waals surface area contributed by atoms with Gasteiger partial charge in [0.2, 0.25) is 0 Å². The van der Waals surface area contributed by atoms with Crippen LogP contribution in [-0.2, 0) is 19.5 Å². The number of hydrogen-bond acceptors (Lipinski definition) is 3. The third-order valence-electron chi connectivity index (χ3n) is 5.64. The normalized spacial score (nSPS) is 15.1. The molecule has 3 aromatic carbocycles. The molecule has 0 spiro atoms. The van der Waals surface area contributed by atoms with Crippen LogP contribution in [0.15, 0.2) is 60.7 Å². The molecule has 1 aliphatic rings. The molecule has 3 aromatic rings. The second-order valence-electron chi connectivity index (χ2n) is 7.47. The van der Waals surface area contributed by atoms with E-state index in [0.29, 0.717) is 29.7 Å². The van der Waals surface area contributed by atoms with E-state index in [1.807, 2.05) is 24.3 Å². The first-order valence-electron chi connectivity index (χ1n) is 9.73. The van der Waals surface area contributed by atoms with Crippen LogP contribution in [0, 0.1) is 5.92 Å². The minimum Gasteiger partial charge on any atom is -0.496 e. The highest BCUT2D eigenvalue weighted by Gasteiger charge is 2.35. The van der Waals surface area contributed by atoms with Crippen LogP contribution in [0.3, 0.4) is 0 Å². The molecule has 1 unspecified atom stereocenters.